The molecule has 302 valence electrons. The van der Waals surface area contributed by atoms with Crippen LogP contribution in [-0.2, 0) is 32.8 Å². The maximum Gasteiger partial charge on any atom is 0.332 e. The number of unbranched alkanes of at least 4 members (excludes halogenated alkanes) is 23. The van der Waals surface area contributed by atoms with Crippen LogP contribution in [0.25, 0.3) is 0 Å². The van der Waals surface area contributed by atoms with E-state index in [1.165, 1.54) is 184 Å². The Morgan fingerprint density at radius 2 is 0.444 bits per heavy atom. The molecule has 0 saturated carbocycles. The first-order chi connectivity index (χ1) is 26.9. The first-order valence-electron chi connectivity index (χ1n) is 22.7. The summed E-state index contributed by atoms with van der Waals surface area (Å²) in [4.78, 5) is 0. The van der Waals surface area contributed by atoms with E-state index in [0.717, 1.165) is 39.1 Å². The van der Waals surface area contributed by atoms with Crippen LogP contribution in [0.5, 0.6) is 0 Å². The highest BCUT2D eigenvalue weighted by molar-refractivity contribution is 7.41. The molecule has 3 aromatic carbocycles. The maximum absolute atomic E-state index is 6.20. The van der Waals surface area contributed by atoms with E-state index in [9.17, 15) is 0 Å². The summed E-state index contributed by atoms with van der Waals surface area (Å²) >= 11 is 0. The summed E-state index contributed by atoms with van der Waals surface area (Å²) in [5, 5.41) is 0. The van der Waals surface area contributed by atoms with E-state index in [-0.39, 0.29) is 0 Å². The highest BCUT2D eigenvalue weighted by atomic mass is 31.2. The molecule has 0 fully saturated rings. The Morgan fingerprint density at radius 3 is 0.685 bits per heavy atom. The van der Waals surface area contributed by atoms with Gasteiger partial charge in [-0.05, 0) is 74.5 Å². The highest BCUT2D eigenvalue weighted by Gasteiger charge is 2.12. The first kappa shape index (κ1) is 46.4. The molecule has 0 atom stereocenters. The van der Waals surface area contributed by atoms with Gasteiger partial charge in [0, 0.05) is 0 Å². The molecule has 0 aliphatic rings. The van der Waals surface area contributed by atoms with Crippen molar-refractivity contribution in [2.75, 3.05) is 19.8 Å². The van der Waals surface area contributed by atoms with E-state index in [1.54, 1.807) is 0 Å². The Bertz CT molecular complexity index is 1110. The van der Waals surface area contributed by atoms with Crippen LogP contribution in [0.2, 0.25) is 0 Å². The van der Waals surface area contributed by atoms with Gasteiger partial charge in [-0.2, -0.15) is 0 Å². The zero-order valence-electron chi connectivity index (χ0n) is 34.5. The van der Waals surface area contributed by atoms with E-state index >= 15 is 0 Å². The molecule has 3 nitrogen and oxygen atoms in total. The SMILES string of the molecule is c1ccc(CCCCCCCCCCCCOP(OCCCCCCCCCCCCc2ccccc2)OCCCCCCCCc2ccccc2)cc1. The van der Waals surface area contributed by atoms with Gasteiger partial charge >= 0.3 is 8.60 Å². The molecule has 3 aromatic rings. The fourth-order valence-electron chi connectivity index (χ4n) is 7.29. The lowest BCUT2D eigenvalue weighted by atomic mass is 10.0. The van der Waals surface area contributed by atoms with Crippen LogP contribution in [-0.4, -0.2) is 19.8 Å². The Kier molecular flexibility index (Phi) is 30.4. The molecule has 0 heterocycles. The van der Waals surface area contributed by atoms with E-state index in [2.05, 4.69) is 91.0 Å². The Labute approximate surface area is 334 Å². The Balaban J connectivity index is 1.14. The normalized spacial score (nSPS) is 11.5. The van der Waals surface area contributed by atoms with Crippen molar-refractivity contribution in [3.63, 3.8) is 0 Å². The minimum absolute atomic E-state index is 0.758. The topological polar surface area (TPSA) is 27.7 Å². The summed E-state index contributed by atoms with van der Waals surface area (Å²) in [5.41, 5.74) is 4.43. The summed E-state index contributed by atoms with van der Waals surface area (Å²) in [6.07, 6.45) is 37.7. The van der Waals surface area contributed by atoms with Crippen molar-refractivity contribution in [1.29, 1.82) is 0 Å². The van der Waals surface area contributed by atoms with Crippen LogP contribution in [0, 0.1) is 0 Å². The second kappa shape index (κ2) is 35.4. The van der Waals surface area contributed by atoms with Crippen LogP contribution in [0.15, 0.2) is 91.0 Å². The van der Waals surface area contributed by atoms with Gasteiger partial charge < -0.3 is 13.6 Å². The van der Waals surface area contributed by atoms with Crippen molar-refractivity contribution in [3.05, 3.63) is 108 Å². The number of hydrogen-bond acceptors (Lipinski definition) is 3. The molecule has 0 aliphatic carbocycles. The molecule has 0 amide bonds. The van der Waals surface area contributed by atoms with Crippen molar-refractivity contribution >= 4 is 8.60 Å². The molecular formula is C50H79O3P. The van der Waals surface area contributed by atoms with Crippen LogP contribution in [0.1, 0.15) is 184 Å². The number of hydrogen-bond donors (Lipinski definition) is 0. The third kappa shape index (κ3) is 27.5. The predicted molar refractivity (Wildman–Crippen MR) is 235 cm³/mol. The molecule has 0 N–H and O–H groups in total. The molecule has 3 rings (SSSR count). The standard InChI is InChI=1S/C50H79O3P/c1(5-9-15-24-36-48-39-27-21-28-40-48)3-7-12-18-33-45-51-54(53-47-35-20-14-11-17-26-38-50-43-31-23-32-44-50)52-46-34-19-13-8-4-2-6-10-16-25-37-49-41-29-22-30-42-49/h21-23,27-32,39-44H,1-20,24-26,33-38,45-47H2. The van der Waals surface area contributed by atoms with Gasteiger partial charge in [-0.25, -0.2) is 0 Å². The molecule has 0 unspecified atom stereocenters. The van der Waals surface area contributed by atoms with Gasteiger partial charge in [-0.15, -0.1) is 0 Å². The maximum atomic E-state index is 6.20. The Hall–Kier alpha value is -2.03. The number of aryl methyl sites for hydroxylation is 3. The molecule has 54 heavy (non-hydrogen) atoms. The summed E-state index contributed by atoms with van der Waals surface area (Å²) < 4.78 is 18.6. The molecule has 0 radical (unpaired) electrons. The molecular weight excluding hydrogens is 680 g/mol. The summed E-state index contributed by atoms with van der Waals surface area (Å²) in [5.74, 6) is 0. The fourth-order valence-corrected chi connectivity index (χ4v) is 8.35. The summed E-state index contributed by atoms with van der Waals surface area (Å²) in [7, 11) is -1.22. The van der Waals surface area contributed by atoms with E-state index in [0.29, 0.717) is 0 Å². The van der Waals surface area contributed by atoms with Crippen LogP contribution < -0.4 is 0 Å². The molecule has 4 heteroatoms. The monoisotopic (exact) mass is 759 g/mol. The third-order valence-electron chi connectivity index (χ3n) is 10.7. The lowest BCUT2D eigenvalue weighted by Crippen LogP contribution is -2.01. The van der Waals surface area contributed by atoms with Gasteiger partial charge in [0.1, 0.15) is 0 Å². The lowest BCUT2D eigenvalue weighted by molar-refractivity contribution is 0.153. The third-order valence-corrected chi connectivity index (χ3v) is 11.9. The van der Waals surface area contributed by atoms with Gasteiger partial charge in [0.25, 0.3) is 0 Å². The number of rotatable bonds is 38. The van der Waals surface area contributed by atoms with Gasteiger partial charge in [-0.1, -0.05) is 219 Å². The van der Waals surface area contributed by atoms with Gasteiger partial charge in [0.2, 0.25) is 0 Å². The zero-order chi connectivity index (χ0) is 37.7. The summed E-state index contributed by atoms with van der Waals surface area (Å²) in [6.45, 7) is 2.29. The van der Waals surface area contributed by atoms with Crippen molar-refractivity contribution in [1.82, 2.24) is 0 Å². The summed E-state index contributed by atoms with van der Waals surface area (Å²) in [6, 6.07) is 32.7. The van der Waals surface area contributed by atoms with Crippen molar-refractivity contribution < 1.29 is 13.6 Å². The lowest BCUT2D eigenvalue weighted by Gasteiger charge is -2.17. The number of benzene rings is 3. The van der Waals surface area contributed by atoms with E-state index in [1.807, 2.05) is 0 Å². The largest absolute Gasteiger partial charge is 0.332 e. The molecule has 0 spiro atoms. The van der Waals surface area contributed by atoms with Crippen LogP contribution in [0.4, 0.5) is 0 Å². The molecule has 0 aliphatic heterocycles. The average Bonchev–Trinajstić information content (AvgIpc) is 3.21. The van der Waals surface area contributed by atoms with Crippen molar-refractivity contribution in [3.8, 4) is 0 Å². The van der Waals surface area contributed by atoms with Crippen LogP contribution >= 0.6 is 8.60 Å². The highest BCUT2D eigenvalue weighted by Crippen LogP contribution is 2.40. The molecule has 0 saturated heterocycles. The molecule has 0 aromatic heterocycles. The quantitative estimate of drug-likeness (QED) is 0.0430. The zero-order valence-corrected chi connectivity index (χ0v) is 35.4. The minimum Gasteiger partial charge on any atom is -0.312 e. The van der Waals surface area contributed by atoms with Crippen molar-refractivity contribution in [2.24, 2.45) is 0 Å². The van der Waals surface area contributed by atoms with Crippen LogP contribution in [0.3, 0.4) is 0 Å². The van der Waals surface area contributed by atoms with Gasteiger partial charge in [0.05, 0.1) is 19.8 Å². The smallest absolute Gasteiger partial charge is 0.312 e. The second-order valence-electron chi connectivity index (χ2n) is 15.6. The first-order valence-corrected chi connectivity index (χ1v) is 23.8. The average molecular weight is 759 g/mol. The fraction of sp³-hybridized carbons (Fsp3) is 0.640. The molecule has 0 bridgehead atoms. The van der Waals surface area contributed by atoms with Gasteiger partial charge in [0.15, 0.2) is 0 Å². The van der Waals surface area contributed by atoms with E-state index in [4.69, 9.17) is 13.6 Å². The minimum atomic E-state index is -1.22. The van der Waals surface area contributed by atoms with Gasteiger partial charge in [-0.3, -0.25) is 0 Å². The van der Waals surface area contributed by atoms with Crippen molar-refractivity contribution in [2.45, 2.75) is 186 Å². The predicted octanol–water partition coefficient (Wildman–Crippen LogP) is 16.1. The Morgan fingerprint density at radius 1 is 0.241 bits per heavy atom. The van der Waals surface area contributed by atoms with E-state index < -0.39 is 8.60 Å². The second-order valence-corrected chi connectivity index (χ2v) is 16.8.